The van der Waals surface area contributed by atoms with Crippen LogP contribution in [0.5, 0.6) is 0 Å². The lowest BCUT2D eigenvalue weighted by Gasteiger charge is -2.31. The highest BCUT2D eigenvalue weighted by molar-refractivity contribution is 5.85. The average Bonchev–Trinajstić information content (AvgIpc) is 3.04. The summed E-state index contributed by atoms with van der Waals surface area (Å²) in [5.41, 5.74) is -4.47. The molecule has 0 aliphatic heterocycles. The Morgan fingerprint density at radius 3 is 2.33 bits per heavy atom. The fourth-order valence-electron chi connectivity index (χ4n) is 3.06. The number of nitriles is 1. The van der Waals surface area contributed by atoms with Gasteiger partial charge in [-0.3, -0.25) is 4.79 Å². The molecule has 4 nitrogen and oxygen atoms in total. The first-order valence-corrected chi connectivity index (χ1v) is 7.79. The van der Waals surface area contributed by atoms with Crippen molar-refractivity contribution in [3.05, 3.63) is 35.9 Å². The summed E-state index contributed by atoms with van der Waals surface area (Å²) in [6.07, 6.45) is -3.27. The van der Waals surface area contributed by atoms with Crippen LogP contribution in [-0.2, 0) is 10.4 Å². The minimum atomic E-state index is -4.88. The van der Waals surface area contributed by atoms with E-state index in [1.54, 1.807) is 6.07 Å². The van der Waals surface area contributed by atoms with Crippen LogP contribution >= 0.6 is 0 Å². The molecule has 1 aliphatic rings. The Balaban J connectivity index is 2.07. The Morgan fingerprint density at radius 1 is 1.25 bits per heavy atom. The number of alkyl halides is 3. The van der Waals surface area contributed by atoms with Crippen LogP contribution in [0.25, 0.3) is 0 Å². The van der Waals surface area contributed by atoms with Crippen molar-refractivity contribution >= 4 is 5.91 Å². The van der Waals surface area contributed by atoms with Gasteiger partial charge in [-0.2, -0.15) is 18.4 Å². The Hall–Kier alpha value is -2.07. The van der Waals surface area contributed by atoms with E-state index in [2.05, 4.69) is 5.32 Å². The number of benzene rings is 1. The number of nitrogens with one attached hydrogen (secondary N) is 1. The Kier molecular flexibility index (Phi) is 5.19. The highest BCUT2D eigenvalue weighted by atomic mass is 19.4. The number of amides is 1. The third-order valence-electron chi connectivity index (χ3n) is 4.60. The lowest BCUT2D eigenvalue weighted by molar-refractivity contribution is -0.268. The number of hydrogen-bond donors (Lipinski definition) is 2. The molecule has 2 rings (SSSR count). The van der Waals surface area contributed by atoms with Crippen molar-refractivity contribution < 1.29 is 23.1 Å². The summed E-state index contributed by atoms with van der Waals surface area (Å²) in [7, 11) is 0. The number of nitrogens with zero attached hydrogens (tertiary/aromatic N) is 1. The van der Waals surface area contributed by atoms with Crippen molar-refractivity contribution in [1.82, 2.24) is 5.32 Å². The van der Waals surface area contributed by atoms with Gasteiger partial charge in [0.1, 0.15) is 5.41 Å². The van der Waals surface area contributed by atoms with Gasteiger partial charge in [0.25, 0.3) is 0 Å². The first-order chi connectivity index (χ1) is 11.3. The SMILES string of the molecule is N#CC1(C(=O)NCCC(O)(c2ccccc2)C(F)(F)F)CCCC1. The van der Waals surface area contributed by atoms with E-state index in [-0.39, 0.29) is 12.1 Å². The molecule has 0 aromatic heterocycles. The highest BCUT2D eigenvalue weighted by Gasteiger charge is 2.54. The molecule has 2 N–H and O–H groups in total. The van der Waals surface area contributed by atoms with Crippen LogP contribution in [0.3, 0.4) is 0 Å². The molecule has 1 unspecified atom stereocenters. The fraction of sp³-hybridized carbons (Fsp3) is 0.529. The van der Waals surface area contributed by atoms with Crippen molar-refractivity contribution in [3.8, 4) is 6.07 Å². The molecule has 1 atom stereocenters. The van der Waals surface area contributed by atoms with E-state index in [0.29, 0.717) is 12.8 Å². The summed E-state index contributed by atoms with van der Waals surface area (Å²) < 4.78 is 40.0. The van der Waals surface area contributed by atoms with Crippen LogP contribution in [0.1, 0.15) is 37.7 Å². The van der Waals surface area contributed by atoms with E-state index in [0.717, 1.165) is 12.8 Å². The molecule has 1 aromatic rings. The van der Waals surface area contributed by atoms with Crippen LogP contribution < -0.4 is 5.32 Å². The lowest BCUT2D eigenvalue weighted by atomic mass is 9.86. The molecular formula is C17H19F3N2O2. The Morgan fingerprint density at radius 2 is 1.83 bits per heavy atom. The third kappa shape index (κ3) is 3.39. The summed E-state index contributed by atoms with van der Waals surface area (Å²) in [5.74, 6) is -0.555. The molecule has 0 heterocycles. The van der Waals surface area contributed by atoms with Gasteiger partial charge in [-0.25, -0.2) is 0 Å². The molecule has 7 heteroatoms. The standard InChI is InChI=1S/C17H19F3N2O2/c18-17(19,20)16(24,13-6-2-1-3-7-13)10-11-22-14(23)15(12-21)8-4-5-9-15/h1-3,6-7,24H,4-5,8-11H2,(H,22,23). The third-order valence-corrected chi connectivity index (χ3v) is 4.60. The Bertz CT molecular complexity index is 619. The maximum absolute atomic E-state index is 13.3. The zero-order valence-electron chi connectivity index (χ0n) is 13.1. The second-order valence-corrected chi connectivity index (χ2v) is 6.13. The molecule has 0 spiro atoms. The number of aliphatic hydroxyl groups is 1. The molecule has 1 aromatic carbocycles. The van der Waals surface area contributed by atoms with Gasteiger partial charge in [0, 0.05) is 13.0 Å². The van der Waals surface area contributed by atoms with E-state index in [1.807, 2.05) is 6.07 Å². The Labute approximate surface area is 138 Å². The average molecular weight is 340 g/mol. The topological polar surface area (TPSA) is 73.1 Å². The summed E-state index contributed by atoms with van der Waals surface area (Å²) in [6.45, 7) is -0.368. The van der Waals surface area contributed by atoms with E-state index < -0.39 is 29.5 Å². The second kappa shape index (κ2) is 6.81. The largest absolute Gasteiger partial charge is 0.421 e. The summed E-state index contributed by atoms with van der Waals surface area (Å²) in [4.78, 5) is 12.2. The predicted octanol–water partition coefficient (Wildman–Crippen LogP) is 3.03. The lowest BCUT2D eigenvalue weighted by Crippen LogP contribution is -2.46. The van der Waals surface area contributed by atoms with Crippen LogP contribution in [-0.4, -0.2) is 23.7 Å². The van der Waals surface area contributed by atoms with Gasteiger partial charge < -0.3 is 10.4 Å². The number of rotatable bonds is 5. The van der Waals surface area contributed by atoms with Gasteiger partial charge in [-0.05, 0) is 18.4 Å². The first kappa shape index (κ1) is 18.3. The number of halogens is 3. The minimum absolute atomic E-state index is 0.275. The molecular weight excluding hydrogens is 321 g/mol. The zero-order chi connectivity index (χ0) is 17.8. The van der Waals surface area contributed by atoms with Crippen molar-refractivity contribution in [2.75, 3.05) is 6.54 Å². The quantitative estimate of drug-likeness (QED) is 0.865. The van der Waals surface area contributed by atoms with Crippen LogP contribution in [0.15, 0.2) is 30.3 Å². The predicted molar refractivity (Wildman–Crippen MR) is 80.5 cm³/mol. The van der Waals surface area contributed by atoms with Gasteiger partial charge in [0.2, 0.25) is 5.91 Å². The maximum Gasteiger partial charge on any atom is 0.421 e. The maximum atomic E-state index is 13.3. The molecule has 1 amide bonds. The van der Waals surface area contributed by atoms with Crippen LogP contribution in [0, 0.1) is 16.7 Å². The molecule has 0 saturated heterocycles. The molecule has 0 radical (unpaired) electrons. The summed E-state index contributed by atoms with van der Waals surface area (Å²) in [5, 5.41) is 21.8. The van der Waals surface area contributed by atoms with Gasteiger partial charge in [0.15, 0.2) is 5.60 Å². The zero-order valence-corrected chi connectivity index (χ0v) is 13.1. The van der Waals surface area contributed by atoms with Gasteiger partial charge in [0.05, 0.1) is 6.07 Å². The minimum Gasteiger partial charge on any atom is -0.376 e. The van der Waals surface area contributed by atoms with Crippen molar-refractivity contribution in [1.29, 1.82) is 5.26 Å². The highest BCUT2D eigenvalue weighted by Crippen LogP contribution is 2.41. The number of hydrogen-bond acceptors (Lipinski definition) is 3. The molecule has 24 heavy (non-hydrogen) atoms. The van der Waals surface area contributed by atoms with E-state index >= 15 is 0 Å². The van der Waals surface area contributed by atoms with Crippen LogP contribution in [0.4, 0.5) is 13.2 Å². The molecule has 1 saturated carbocycles. The molecule has 130 valence electrons. The molecule has 1 fully saturated rings. The van der Waals surface area contributed by atoms with Gasteiger partial charge >= 0.3 is 6.18 Å². The van der Waals surface area contributed by atoms with E-state index in [9.17, 15) is 28.3 Å². The number of carbonyl (C=O) groups excluding carboxylic acids is 1. The first-order valence-electron chi connectivity index (χ1n) is 7.79. The normalized spacial score (nSPS) is 19.3. The van der Waals surface area contributed by atoms with E-state index in [1.165, 1.54) is 24.3 Å². The van der Waals surface area contributed by atoms with Gasteiger partial charge in [-0.1, -0.05) is 43.2 Å². The smallest absolute Gasteiger partial charge is 0.376 e. The summed E-state index contributed by atoms with van der Waals surface area (Å²) >= 11 is 0. The molecule has 0 bridgehead atoms. The van der Waals surface area contributed by atoms with E-state index in [4.69, 9.17) is 0 Å². The van der Waals surface area contributed by atoms with Gasteiger partial charge in [-0.15, -0.1) is 0 Å². The second-order valence-electron chi connectivity index (χ2n) is 6.13. The van der Waals surface area contributed by atoms with Crippen molar-refractivity contribution in [3.63, 3.8) is 0 Å². The monoisotopic (exact) mass is 340 g/mol. The van der Waals surface area contributed by atoms with Crippen LogP contribution in [0.2, 0.25) is 0 Å². The van der Waals surface area contributed by atoms with Crippen molar-refractivity contribution in [2.24, 2.45) is 5.41 Å². The molecule has 1 aliphatic carbocycles. The van der Waals surface area contributed by atoms with Crippen molar-refractivity contribution in [2.45, 2.75) is 43.9 Å². The fourth-order valence-corrected chi connectivity index (χ4v) is 3.06. The summed E-state index contributed by atoms with van der Waals surface area (Å²) in [6, 6.07) is 8.76. The number of carbonyl (C=O) groups is 1.